The molecule has 7 heteroatoms. The molecule has 0 spiro atoms. The second kappa shape index (κ2) is 8.90. The Hall–Kier alpha value is -3.48. The summed E-state index contributed by atoms with van der Waals surface area (Å²) in [5, 5.41) is 10.9. The van der Waals surface area contributed by atoms with Crippen LogP contribution in [0.15, 0.2) is 41.5 Å². The summed E-state index contributed by atoms with van der Waals surface area (Å²) in [7, 11) is 0. The number of carbonyl (C=O) groups is 3. The quantitative estimate of drug-likeness (QED) is 0.799. The van der Waals surface area contributed by atoms with Gasteiger partial charge in [-0.15, -0.1) is 0 Å². The maximum Gasteiger partial charge on any atom is 0.267 e. The van der Waals surface area contributed by atoms with Crippen molar-refractivity contribution >= 4 is 34.8 Å². The van der Waals surface area contributed by atoms with Crippen molar-refractivity contribution in [2.45, 2.75) is 40.5 Å². The lowest BCUT2D eigenvalue weighted by Gasteiger charge is -2.23. The van der Waals surface area contributed by atoms with Gasteiger partial charge in [0.2, 0.25) is 11.8 Å². The number of nitrogens with zero attached hydrogens (tertiary/aromatic N) is 2. The zero-order valence-electron chi connectivity index (χ0n) is 17.7. The molecule has 2 N–H and O–H groups in total. The van der Waals surface area contributed by atoms with Crippen LogP contribution in [0.4, 0.5) is 11.4 Å². The van der Waals surface area contributed by atoms with Crippen molar-refractivity contribution in [1.29, 1.82) is 0 Å². The molecule has 0 saturated carbocycles. The third kappa shape index (κ3) is 4.92. The average molecular weight is 406 g/mol. The molecule has 2 aromatic carbocycles. The lowest BCUT2D eigenvalue weighted by molar-refractivity contribution is -0.120. The normalized spacial score (nSPS) is 13.7. The first-order valence-corrected chi connectivity index (χ1v) is 9.87. The van der Waals surface area contributed by atoms with Crippen molar-refractivity contribution in [2.75, 3.05) is 16.9 Å². The van der Waals surface area contributed by atoms with Crippen molar-refractivity contribution in [1.82, 2.24) is 5.32 Å². The molecule has 0 aliphatic carbocycles. The summed E-state index contributed by atoms with van der Waals surface area (Å²) in [5.74, 6) is -0.936. The molecule has 30 heavy (non-hydrogen) atoms. The van der Waals surface area contributed by atoms with Gasteiger partial charge < -0.3 is 10.6 Å². The summed E-state index contributed by atoms with van der Waals surface area (Å²) in [4.78, 5) is 37.1. The van der Waals surface area contributed by atoms with Gasteiger partial charge in [0.05, 0.1) is 12.2 Å². The molecule has 0 aromatic heterocycles. The number of rotatable bonds is 5. The van der Waals surface area contributed by atoms with Gasteiger partial charge >= 0.3 is 0 Å². The first kappa shape index (κ1) is 21.2. The second-order valence-electron chi connectivity index (χ2n) is 7.60. The summed E-state index contributed by atoms with van der Waals surface area (Å²) in [5.41, 5.74) is 5.66. The van der Waals surface area contributed by atoms with Crippen LogP contribution in [0.5, 0.6) is 0 Å². The smallest absolute Gasteiger partial charge is 0.267 e. The molecule has 1 aliphatic rings. The molecule has 0 bridgehead atoms. The highest BCUT2D eigenvalue weighted by Gasteiger charge is 2.26. The number of aryl methyl sites for hydroxylation is 4. The molecule has 0 fully saturated rings. The minimum absolute atomic E-state index is 0.166. The van der Waals surface area contributed by atoms with Gasteiger partial charge in [0.15, 0.2) is 0 Å². The third-order valence-corrected chi connectivity index (χ3v) is 4.89. The van der Waals surface area contributed by atoms with E-state index in [0.29, 0.717) is 5.69 Å². The minimum Gasteiger partial charge on any atom is -0.342 e. The van der Waals surface area contributed by atoms with Crippen LogP contribution in [0.3, 0.4) is 0 Å². The molecule has 1 heterocycles. The van der Waals surface area contributed by atoms with E-state index in [-0.39, 0.29) is 36.9 Å². The van der Waals surface area contributed by atoms with E-state index in [1.807, 2.05) is 58.0 Å². The highest BCUT2D eigenvalue weighted by molar-refractivity contribution is 6.40. The third-order valence-electron chi connectivity index (χ3n) is 4.89. The van der Waals surface area contributed by atoms with Crippen molar-refractivity contribution in [3.05, 3.63) is 58.7 Å². The van der Waals surface area contributed by atoms with Crippen LogP contribution in [-0.4, -0.2) is 30.0 Å². The van der Waals surface area contributed by atoms with E-state index < -0.39 is 5.91 Å². The van der Waals surface area contributed by atoms with Crippen molar-refractivity contribution in [3.63, 3.8) is 0 Å². The minimum atomic E-state index is -0.451. The molecule has 7 nitrogen and oxygen atoms in total. The Morgan fingerprint density at radius 1 is 1.00 bits per heavy atom. The highest BCUT2D eigenvalue weighted by atomic mass is 16.2. The zero-order chi connectivity index (χ0) is 21.8. The van der Waals surface area contributed by atoms with E-state index in [1.165, 1.54) is 5.01 Å². The number of hydrogen-bond acceptors (Lipinski definition) is 4. The maximum absolute atomic E-state index is 12.5. The van der Waals surface area contributed by atoms with Crippen LogP contribution >= 0.6 is 0 Å². The summed E-state index contributed by atoms with van der Waals surface area (Å²) in [6.07, 6.45) is 0.429. The standard InChI is InChI=1S/C23H26N4O3/c1-14-6-5-7-18(12-14)27-21(29)9-8-19(26-27)23(30)24-13-20(28)25-22-16(3)10-15(2)11-17(22)4/h5-7,10-12H,8-9,13H2,1-4H3,(H,24,30)(H,25,28). The average Bonchev–Trinajstić information content (AvgIpc) is 2.69. The molecule has 1 aliphatic heterocycles. The van der Waals surface area contributed by atoms with Crippen LogP contribution in [-0.2, 0) is 14.4 Å². The van der Waals surface area contributed by atoms with Gasteiger partial charge in [-0.1, -0.05) is 29.8 Å². The Labute approximate surface area is 176 Å². The van der Waals surface area contributed by atoms with Crippen molar-refractivity contribution in [2.24, 2.45) is 5.10 Å². The molecule has 0 saturated heterocycles. The van der Waals surface area contributed by atoms with Crippen LogP contribution in [0.2, 0.25) is 0 Å². The molecule has 3 rings (SSSR count). The summed E-state index contributed by atoms with van der Waals surface area (Å²) in [6, 6.07) is 11.4. The second-order valence-corrected chi connectivity index (χ2v) is 7.60. The summed E-state index contributed by atoms with van der Waals surface area (Å²) in [6.45, 7) is 7.61. The van der Waals surface area contributed by atoms with Crippen LogP contribution < -0.4 is 15.6 Å². The molecule has 0 atom stereocenters. The Morgan fingerprint density at radius 3 is 2.37 bits per heavy atom. The summed E-state index contributed by atoms with van der Waals surface area (Å²) >= 11 is 0. The first-order chi connectivity index (χ1) is 14.2. The van der Waals surface area contributed by atoms with Gasteiger partial charge in [0.25, 0.3) is 5.91 Å². The Morgan fingerprint density at radius 2 is 1.70 bits per heavy atom. The fourth-order valence-corrected chi connectivity index (χ4v) is 3.50. The topological polar surface area (TPSA) is 90.9 Å². The Bertz CT molecular complexity index is 1020. The molecule has 0 unspecified atom stereocenters. The molecule has 3 amide bonds. The lowest BCUT2D eigenvalue weighted by Crippen LogP contribution is -2.41. The largest absolute Gasteiger partial charge is 0.342 e. The SMILES string of the molecule is Cc1cccc(N2N=C(C(=O)NCC(=O)Nc3c(C)cc(C)cc3C)CCC2=O)c1. The molecule has 156 valence electrons. The van der Waals surface area contributed by atoms with Crippen LogP contribution in [0.1, 0.15) is 35.1 Å². The predicted octanol–water partition coefficient (Wildman–Crippen LogP) is 3.16. The number of anilines is 2. The van der Waals surface area contributed by atoms with E-state index in [4.69, 9.17) is 0 Å². The summed E-state index contributed by atoms with van der Waals surface area (Å²) < 4.78 is 0. The number of amides is 3. The number of hydrazone groups is 1. The van der Waals surface area contributed by atoms with Crippen molar-refractivity contribution < 1.29 is 14.4 Å². The van der Waals surface area contributed by atoms with E-state index in [1.54, 1.807) is 6.07 Å². The number of benzene rings is 2. The molecule has 2 aromatic rings. The molecule has 0 radical (unpaired) electrons. The van der Waals surface area contributed by atoms with E-state index in [2.05, 4.69) is 15.7 Å². The molecular formula is C23H26N4O3. The predicted molar refractivity (Wildman–Crippen MR) is 118 cm³/mol. The highest BCUT2D eigenvalue weighted by Crippen LogP contribution is 2.22. The van der Waals surface area contributed by atoms with E-state index >= 15 is 0 Å². The van der Waals surface area contributed by atoms with Gasteiger partial charge in [-0.25, -0.2) is 5.01 Å². The molecular weight excluding hydrogens is 380 g/mol. The maximum atomic E-state index is 12.5. The number of nitrogens with one attached hydrogen (secondary N) is 2. The van der Waals surface area contributed by atoms with Crippen molar-refractivity contribution in [3.8, 4) is 0 Å². The van der Waals surface area contributed by atoms with Crippen LogP contribution in [0, 0.1) is 27.7 Å². The van der Waals surface area contributed by atoms with Crippen LogP contribution in [0.25, 0.3) is 0 Å². The van der Waals surface area contributed by atoms with Gasteiger partial charge in [0, 0.05) is 18.5 Å². The van der Waals surface area contributed by atoms with Gasteiger partial charge in [-0.3, -0.25) is 14.4 Å². The number of hydrogen-bond donors (Lipinski definition) is 2. The van der Waals surface area contributed by atoms with Gasteiger partial charge in [0.1, 0.15) is 5.71 Å². The number of carbonyl (C=O) groups excluding carboxylic acids is 3. The van der Waals surface area contributed by atoms with Gasteiger partial charge in [-0.2, -0.15) is 5.10 Å². The van der Waals surface area contributed by atoms with E-state index in [0.717, 1.165) is 27.9 Å². The fourth-order valence-electron chi connectivity index (χ4n) is 3.50. The zero-order valence-corrected chi connectivity index (χ0v) is 17.7. The van der Waals surface area contributed by atoms with E-state index in [9.17, 15) is 14.4 Å². The Balaban J connectivity index is 1.65. The first-order valence-electron chi connectivity index (χ1n) is 9.87. The monoisotopic (exact) mass is 406 g/mol. The van der Waals surface area contributed by atoms with Gasteiger partial charge in [-0.05, 0) is 56.5 Å². The Kier molecular flexibility index (Phi) is 6.30. The fraction of sp³-hybridized carbons (Fsp3) is 0.304. The lowest BCUT2D eigenvalue weighted by atomic mass is 10.1.